The van der Waals surface area contributed by atoms with Gasteiger partial charge in [-0.3, -0.25) is 4.79 Å². The molecule has 0 radical (unpaired) electrons. The fourth-order valence-electron chi connectivity index (χ4n) is 3.32. The maximum absolute atomic E-state index is 11.8. The molecule has 4 atom stereocenters. The Labute approximate surface area is 128 Å². The van der Waals surface area contributed by atoms with Gasteiger partial charge >= 0.3 is 0 Å². The van der Waals surface area contributed by atoms with E-state index in [1.54, 1.807) is 0 Å². The van der Waals surface area contributed by atoms with Crippen LogP contribution in [0.5, 0.6) is 0 Å². The Hall–Kier alpha value is -0.220. The zero-order chi connectivity index (χ0) is 15.3. The number of thioether (sulfide) groups is 1. The van der Waals surface area contributed by atoms with Crippen LogP contribution in [0.2, 0.25) is 0 Å². The molecule has 0 aliphatic heterocycles. The van der Waals surface area contributed by atoms with Crippen LogP contribution in [-0.2, 0) is 4.79 Å². The van der Waals surface area contributed by atoms with Crippen LogP contribution in [0.1, 0.15) is 66.7 Å². The lowest BCUT2D eigenvalue weighted by atomic mass is 9.90. The smallest absolute Gasteiger partial charge is 0.237 e. The average Bonchev–Trinajstić information content (AvgIpc) is 2.26. The molecule has 0 aromatic heterocycles. The van der Waals surface area contributed by atoms with Gasteiger partial charge in [0.1, 0.15) is 0 Å². The molecule has 1 aliphatic rings. The minimum Gasteiger partial charge on any atom is -0.368 e. The first kappa shape index (κ1) is 17.8. The van der Waals surface area contributed by atoms with Gasteiger partial charge in [-0.15, -0.1) is 0 Å². The molecule has 20 heavy (non-hydrogen) atoms. The number of hydrogen-bond donors (Lipinski definition) is 2. The number of hydrogen-bond acceptors (Lipinski definition) is 3. The van der Waals surface area contributed by atoms with Gasteiger partial charge in [-0.1, -0.05) is 26.7 Å². The lowest BCUT2D eigenvalue weighted by Crippen LogP contribution is -2.56. The molecule has 0 aromatic carbocycles. The van der Waals surface area contributed by atoms with E-state index >= 15 is 0 Å². The van der Waals surface area contributed by atoms with E-state index in [9.17, 15) is 4.79 Å². The van der Waals surface area contributed by atoms with Crippen LogP contribution in [-0.4, -0.2) is 28.0 Å². The molecule has 3 N–H and O–H groups in total. The Balaban J connectivity index is 2.53. The van der Waals surface area contributed by atoms with Crippen molar-refractivity contribution >= 4 is 17.7 Å². The molecule has 0 heterocycles. The second kappa shape index (κ2) is 7.69. The summed E-state index contributed by atoms with van der Waals surface area (Å²) in [5.41, 5.74) is 5.02. The van der Waals surface area contributed by atoms with Gasteiger partial charge in [-0.2, -0.15) is 11.8 Å². The molecule has 1 amide bonds. The van der Waals surface area contributed by atoms with Crippen LogP contribution < -0.4 is 11.1 Å². The van der Waals surface area contributed by atoms with E-state index in [2.05, 4.69) is 33.0 Å². The minimum absolute atomic E-state index is 0.240. The van der Waals surface area contributed by atoms with Crippen molar-refractivity contribution in [1.29, 1.82) is 0 Å². The molecule has 3 nitrogen and oxygen atoms in total. The number of carbonyl (C=O) groups excluding carboxylic acids is 1. The maximum Gasteiger partial charge on any atom is 0.237 e. The molecule has 1 rings (SSSR count). The van der Waals surface area contributed by atoms with Crippen molar-refractivity contribution in [2.24, 2.45) is 11.7 Å². The molecule has 4 unspecified atom stereocenters. The van der Waals surface area contributed by atoms with Crippen molar-refractivity contribution in [2.75, 3.05) is 0 Å². The molecule has 1 saturated carbocycles. The highest BCUT2D eigenvalue weighted by Gasteiger charge is 2.34. The summed E-state index contributed by atoms with van der Waals surface area (Å²) in [6.45, 7) is 10.6. The number of primary amides is 1. The Morgan fingerprint density at radius 1 is 1.40 bits per heavy atom. The summed E-state index contributed by atoms with van der Waals surface area (Å²) in [6, 6.07) is 0.263. The highest BCUT2D eigenvalue weighted by atomic mass is 32.2. The number of nitrogens with one attached hydrogen (secondary N) is 1. The quantitative estimate of drug-likeness (QED) is 0.758. The summed E-state index contributed by atoms with van der Waals surface area (Å²) in [5.74, 6) is 0.612. The Kier molecular flexibility index (Phi) is 6.86. The van der Waals surface area contributed by atoms with Crippen LogP contribution in [0.3, 0.4) is 0 Å². The summed E-state index contributed by atoms with van der Waals surface area (Å²) in [4.78, 5) is 11.8. The van der Waals surface area contributed by atoms with Crippen LogP contribution in [0.25, 0.3) is 0 Å². The molecule has 0 saturated heterocycles. The van der Waals surface area contributed by atoms with E-state index in [-0.39, 0.29) is 11.9 Å². The Morgan fingerprint density at radius 2 is 2.05 bits per heavy atom. The number of rotatable bonds is 7. The van der Waals surface area contributed by atoms with Crippen molar-refractivity contribution < 1.29 is 4.79 Å². The third kappa shape index (κ3) is 5.65. The normalized spacial score (nSPS) is 28.1. The predicted molar refractivity (Wildman–Crippen MR) is 89.0 cm³/mol. The van der Waals surface area contributed by atoms with Gasteiger partial charge < -0.3 is 11.1 Å². The fraction of sp³-hybridized carbons (Fsp3) is 0.938. The van der Waals surface area contributed by atoms with E-state index in [0.29, 0.717) is 5.25 Å². The van der Waals surface area contributed by atoms with E-state index in [0.717, 1.165) is 17.6 Å². The summed E-state index contributed by atoms with van der Waals surface area (Å²) in [5, 5.41) is 4.55. The summed E-state index contributed by atoms with van der Waals surface area (Å²) < 4.78 is 0. The molecule has 1 aliphatic carbocycles. The fourth-order valence-corrected chi connectivity index (χ4v) is 5.15. The lowest BCUT2D eigenvalue weighted by Gasteiger charge is -2.34. The first-order valence-corrected chi connectivity index (χ1v) is 8.90. The van der Waals surface area contributed by atoms with Gasteiger partial charge in [0.15, 0.2) is 0 Å². The third-order valence-electron chi connectivity index (χ3n) is 4.16. The Bertz CT molecular complexity index is 322. The van der Waals surface area contributed by atoms with Gasteiger partial charge in [0.2, 0.25) is 5.91 Å². The van der Waals surface area contributed by atoms with Crippen molar-refractivity contribution in [3.8, 4) is 0 Å². The van der Waals surface area contributed by atoms with E-state index in [4.69, 9.17) is 5.73 Å². The summed E-state index contributed by atoms with van der Waals surface area (Å²) >= 11 is 2.05. The maximum atomic E-state index is 11.8. The number of amides is 1. The van der Waals surface area contributed by atoms with Crippen LogP contribution in [0.15, 0.2) is 0 Å². The van der Waals surface area contributed by atoms with E-state index in [1.165, 1.54) is 25.7 Å². The van der Waals surface area contributed by atoms with Gasteiger partial charge in [0.05, 0.1) is 5.54 Å². The van der Waals surface area contributed by atoms with E-state index in [1.807, 2.05) is 18.7 Å². The first-order chi connectivity index (χ1) is 9.23. The lowest BCUT2D eigenvalue weighted by molar-refractivity contribution is -0.124. The molecule has 0 aromatic rings. The van der Waals surface area contributed by atoms with Crippen LogP contribution >= 0.6 is 11.8 Å². The second-order valence-electron chi connectivity index (χ2n) is 7.04. The van der Waals surface area contributed by atoms with Gasteiger partial charge in [-0.25, -0.2) is 0 Å². The van der Waals surface area contributed by atoms with Crippen LogP contribution in [0.4, 0.5) is 0 Å². The van der Waals surface area contributed by atoms with Gasteiger partial charge in [0.25, 0.3) is 0 Å². The average molecular weight is 301 g/mol. The molecular formula is C16H32N2OS. The van der Waals surface area contributed by atoms with Crippen LogP contribution in [0, 0.1) is 5.92 Å². The molecule has 0 bridgehead atoms. The second-order valence-corrected chi connectivity index (χ2v) is 8.78. The topological polar surface area (TPSA) is 55.1 Å². The molecule has 0 spiro atoms. The van der Waals surface area contributed by atoms with Gasteiger partial charge in [0, 0.05) is 16.5 Å². The Morgan fingerprint density at radius 3 is 2.55 bits per heavy atom. The zero-order valence-electron chi connectivity index (χ0n) is 13.7. The van der Waals surface area contributed by atoms with Crippen molar-refractivity contribution in [3.05, 3.63) is 0 Å². The summed E-state index contributed by atoms with van der Waals surface area (Å²) in [7, 11) is 0. The zero-order valence-corrected chi connectivity index (χ0v) is 14.6. The number of carbonyl (C=O) groups is 1. The SMILES string of the molecule is CC1CCCC(SC(C)CC(C)(NC(C)C)C(N)=O)C1. The van der Waals surface area contributed by atoms with Crippen molar-refractivity contribution in [3.63, 3.8) is 0 Å². The highest BCUT2D eigenvalue weighted by Crippen LogP contribution is 2.36. The van der Waals surface area contributed by atoms with E-state index < -0.39 is 5.54 Å². The predicted octanol–water partition coefficient (Wildman–Crippen LogP) is 3.32. The first-order valence-electron chi connectivity index (χ1n) is 7.96. The largest absolute Gasteiger partial charge is 0.368 e. The monoisotopic (exact) mass is 300 g/mol. The highest BCUT2D eigenvalue weighted by molar-refractivity contribution is 8.00. The minimum atomic E-state index is -0.596. The molecule has 1 fully saturated rings. The number of nitrogens with two attached hydrogens (primary N) is 1. The van der Waals surface area contributed by atoms with Crippen molar-refractivity contribution in [1.82, 2.24) is 5.32 Å². The summed E-state index contributed by atoms with van der Waals surface area (Å²) in [6.07, 6.45) is 6.17. The molecule has 118 valence electrons. The standard InChI is InChI=1S/C16H32N2OS/c1-11(2)18-16(5,15(17)19)10-13(4)20-14-8-6-7-12(3)9-14/h11-14,18H,6-10H2,1-5H3,(H2,17,19). The molecular weight excluding hydrogens is 268 g/mol. The van der Waals surface area contributed by atoms with Gasteiger partial charge in [-0.05, 0) is 46.0 Å². The molecule has 4 heteroatoms. The van der Waals surface area contributed by atoms with Crippen molar-refractivity contribution in [2.45, 2.75) is 88.8 Å². The third-order valence-corrected chi connectivity index (χ3v) is 5.60.